The van der Waals surface area contributed by atoms with Gasteiger partial charge in [-0.3, -0.25) is 0 Å². The minimum absolute atomic E-state index is 0.619. The maximum atomic E-state index is 14.5. The Kier molecular flexibility index (Phi) is 8.59. The quantitative estimate of drug-likeness (QED) is 0.278. The molecule has 32 heavy (non-hydrogen) atoms. The van der Waals surface area contributed by atoms with Gasteiger partial charge in [-0.05, 0) is 80.0 Å². The Morgan fingerprint density at radius 1 is 0.688 bits per heavy atom. The molecule has 170 valence electrons. The van der Waals surface area contributed by atoms with E-state index in [2.05, 4.69) is 13.8 Å². The fraction of sp³-hybridized carbons (Fsp3) is 0.357. The number of rotatable bonds is 11. The Labute approximate surface area is 193 Å². The van der Waals surface area contributed by atoms with Crippen molar-refractivity contribution in [3.8, 4) is 11.5 Å². The first-order chi connectivity index (χ1) is 15.5. The highest BCUT2D eigenvalue weighted by Gasteiger charge is 2.34. The van der Waals surface area contributed by atoms with E-state index < -0.39 is 7.60 Å². The number of unbranched alkanes of at least 4 members (excludes halogenated alkanes) is 2. The van der Waals surface area contributed by atoms with Crippen molar-refractivity contribution in [2.45, 2.75) is 66.2 Å². The van der Waals surface area contributed by atoms with Gasteiger partial charge in [0, 0.05) is 0 Å². The zero-order valence-electron chi connectivity index (χ0n) is 19.8. The average molecular weight is 451 g/mol. The summed E-state index contributed by atoms with van der Waals surface area (Å²) < 4.78 is 27.2. The molecule has 3 aromatic rings. The summed E-state index contributed by atoms with van der Waals surface area (Å²) in [5, 5.41) is 0.619. The average Bonchev–Trinajstić information content (AvgIpc) is 2.79. The highest BCUT2D eigenvalue weighted by atomic mass is 31.2. The Hall–Kier alpha value is -2.51. The summed E-state index contributed by atoms with van der Waals surface area (Å²) >= 11 is 0. The Balaban J connectivity index is 2.07. The summed E-state index contributed by atoms with van der Waals surface area (Å²) in [4.78, 5) is 0. The second kappa shape index (κ2) is 11.4. The molecule has 0 saturated heterocycles. The van der Waals surface area contributed by atoms with Crippen LogP contribution >= 0.6 is 7.60 Å². The van der Waals surface area contributed by atoms with E-state index >= 15 is 0 Å². The largest absolute Gasteiger partial charge is 0.463 e. The second-order valence-corrected chi connectivity index (χ2v) is 10.2. The van der Waals surface area contributed by atoms with Crippen LogP contribution in [-0.2, 0) is 17.4 Å². The highest BCUT2D eigenvalue weighted by molar-refractivity contribution is 7.63. The molecule has 3 aromatic carbocycles. The van der Waals surface area contributed by atoms with E-state index in [4.69, 9.17) is 9.05 Å². The number of aryl methyl sites for hydroxylation is 3. The summed E-state index contributed by atoms with van der Waals surface area (Å²) in [6.07, 6.45) is 6.04. The maximum Gasteiger partial charge on any atom is 0.463 e. The van der Waals surface area contributed by atoms with Gasteiger partial charge >= 0.3 is 7.60 Å². The lowest BCUT2D eigenvalue weighted by molar-refractivity contribution is 0.395. The molecular formula is C28H35O3P. The predicted molar refractivity (Wildman–Crippen MR) is 135 cm³/mol. The lowest BCUT2D eigenvalue weighted by atomic mass is 10.1. The van der Waals surface area contributed by atoms with E-state index in [9.17, 15) is 4.57 Å². The first kappa shape index (κ1) is 24.1. The number of hydrogen-bond donors (Lipinski definition) is 0. The van der Waals surface area contributed by atoms with Crippen LogP contribution in [0.4, 0.5) is 0 Å². The lowest BCUT2D eigenvalue weighted by Crippen LogP contribution is -2.19. The standard InChI is InChI=1S/C28H35O3P/c1-5-7-15-24-17-9-11-19-26(24)30-32(29,28-21-13-14-22(3)23(28)4)31-27-20-12-10-18-25(27)16-8-6-2/h9-14,17-21H,5-8,15-16H2,1-4H3. The van der Waals surface area contributed by atoms with Crippen LogP contribution in [0.25, 0.3) is 0 Å². The summed E-state index contributed by atoms with van der Waals surface area (Å²) in [7, 11) is -3.70. The predicted octanol–water partition coefficient (Wildman–Crippen LogP) is 7.97. The molecule has 3 nitrogen and oxygen atoms in total. The van der Waals surface area contributed by atoms with Gasteiger partial charge in [-0.1, -0.05) is 75.2 Å². The molecule has 0 aliphatic heterocycles. The third kappa shape index (κ3) is 5.84. The minimum atomic E-state index is -3.70. The smallest absolute Gasteiger partial charge is 0.413 e. The van der Waals surface area contributed by atoms with E-state index in [0.29, 0.717) is 16.8 Å². The lowest BCUT2D eigenvalue weighted by Gasteiger charge is -2.24. The number of hydrogen-bond acceptors (Lipinski definition) is 3. The van der Waals surface area contributed by atoms with Crippen LogP contribution in [0.5, 0.6) is 11.5 Å². The van der Waals surface area contributed by atoms with Crippen molar-refractivity contribution in [3.63, 3.8) is 0 Å². The van der Waals surface area contributed by atoms with Gasteiger partial charge in [0.05, 0.1) is 5.30 Å². The maximum absolute atomic E-state index is 14.5. The number of para-hydroxylation sites is 2. The van der Waals surface area contributed by atoms with Gasteiger partial charge in [0.1, 0.15) is 11.5 Å². The van der Waals surface area contributed by atoms with Gasteiger partial charge < -0.3 is 9.05 Å². The first-order valence-electron chi connectivity index (χ1n) is 11.7. The molecule has 0 amide bonds. The molecule has 0 unspecified atom stereocenters. The summed E-state index contributed by atoms with van der Waals surface area (Å²) in [6.45, 7) is 8.34. The molecule has 0 fully saturated rings. The monoisotopic (exact) mass is 450 g/mol. The molecule has 0 aromatic heterocycles. The van der Waals surface area contributed by atoms with E-state index in [1.807, 2.05) is 80.6 Å². The molecule has 0 heterocycles. The second-order valence-electron chi connectivity index (χ2n) is 8.32. The molecule has 0 radical (unpaired) electrons. The molecule has 0 aliphatic carbocycles. The van der Waals surface area contributed by atoms with Crippen LogP contribution in [0.15, 0.2) is 66.7 Å². The van der Waals surface area contributed by atoms with Gasteiger partial charge in [-0.2, -0.15) is 0 Å². The molecule has 0 saturated carbocycles. The molecule has 0 bridgehead atoms. The molecule has 0 atom stereocenters. The minimum Gasteiger partial charge on any atom is -0.413 e. The highest BCUT2D eigenvalue weighted by Crippen LogP contribution is 2.50. The number of benzene rings is 3. The Morgan fingerprint density at radius 2 is 1.19 bits per heavy atom. The van der Waals surface area contributed by atoms with Crippen LogP contribution in [0.2, 0.25) is 0 Å². The van der Waals surface area contributed by atoms with Gasteiger partial charge in [0.15, 0.2) is 0 Å². The van der Waals surface area contributed by atoms with Crippen molar-refractivity contribution in [2.75, 3.05) is 0 Å². The van der Waals surface area contributed by atoms with Gasteiger partial charge in [0.2, 0.25) is 0 Å². The van der Waals surface area contributed by atoms with E-state index in [0.717, 1.165) is 60.8 Å². The summed E-state index contributed by atoms with van der Waals surface area (Å²) in [6, 6.07) is 21.6. The van der Waals surface area contributed by atoms with Crippen LogP contribution in [0.3, 0.4) is 0 Å². The Bertz CT molecular complexity index is 1020. The van der Waals surface area contributed by atoms with Crippen molar-refractivity contribution in [1.29, 1.82) is 0 Å². The van der Waals surface area contributed by atoms with Crippen molar-refractivity contribution in [3.05, 3.63) is 89.0 Å². The first-order valence-corrected chi connectivity index (χ1v) is 13.2. The normalized spacial score (nSPS) is 11.4. The summed E-state index contributed by atoms with van der Waals surface area (Å²) in [5.41, 5.74) is 4.12. The third-order valence-electron chi connectivity index (χ3n) is 5.85. The van der Waals surface area contributed by atoms with Crippen molar-refractivity contribution in [2.24, 2.45) is 0 Å². The van der Waals surface area contributed by atoms with E-state index in [1.165, 1.54) is 0 Å². The van der Waals surface area contributed by atoms with Gasteiger partial charge in [-0.25, -0.2) is 4.57 Å². The molecule has 0 aliphatic rings. The van der Waals surface area contributed by atoms with E-state index in [-0.39, 0.29) is 0 Å². The zero-order valence-corrected chi connectivity index (χ0v) is 20.7. The third-order valence-corrected chi connectivity index (χ3v) is 7.80. The van der Waals surface area contributed by atoms with Crippen LogP contribution in [0.1, 0.15) is 61.8 Å². The molecule has 3 rings (SSSR count). The topological polar surface area (TPSA) is 35.5 Å². The Morgan fingerprint density at radius 3 is 1.69 bits per heavy atom. The fourth-order valence-corrected chi connectivity index (χ4v) is 5.71. The van der Waals surface area contributed by atoms with Crippen molar-refractivity contribution < 1.29 is 13.6 Å². The molecule has 0 spiro atoms. The van der Waals surface area contributed by atoms with Crippen molar-refractivity contribution >= 4 is 12.9 Å². The van der Waals surface area contributed by atoms with Crippen LogP contribution in [0, 0.1) is 13.8 Å². The zero-order chi connectivity index (χ0) is 23.0. The van der Waals surface area contributed by atoms with E-state index in [1.54, 1.807) is 0 Å². The van der Waals surface area contributed by atoms with Gasteiger partial charge in [0.25, 0.3) is 0 Å². The fourth-order valence-electron chi connectivity index (χ4n) is 3.74. The van der Waals surface area contributed by atoms with Crippen molar-refractivity contribution in [1.82, 2.24) is 0 Å². The summed E-state index contributed by atoms with van der Waals surface area (Å²) in [5.74, 6) is 1.27. The van der Waals surface area contributed by atoms with Crippen LogP contribution < -0.4 is 14.4 Å². The molecule has 4 heteroatoms. The van der Waals surface area contributed by atoms with Crippen LogP contribution in [-0.4, -0.2) is 0 Å². The van der Waals surface area contributed by atoms with Gasteiger partial charge in [-0.15, -0.1) is 0 Å². The molecule has 0 N–H and O–H groups in total. The SMILES string of the molecule is CCCCc1ccccc1OP(=O)(Oc1ccccc1CCCC)c1cccc(C)c1C. The molecular weight excluding hydrogens is 415 g/mol.